The fourth-order valence-corrected chi connectivity index (χ4v) is 5.41. The Morgan fingerprint density at radius 2 is 1.58 bits per heavy atom. The minimum absolute atomic E-state index is 0.0207. The predicted molar refractivity (Wildman–Crippen MR) is 149 cm³/mol. The molecule has 2 heterocycles. The molecule has 0 spiro atoms. The number of hydrogen-bond donors (Lipinski definition) is 1. The van der Waals surface area contributed by atoms with Gasteiger partial charge in [0, 0.05) is 33.4 Å². The van der Waals surface area contributed by atoms with Crippen molar-refractivity contribution in [2.45, 2.75) is 26.9 Å². The Morgan fingerprint density at radius 3 is 2.24 bits per heavy atom. The Labute approximate surface area is 223 Å². The molecule has 0 saturated carbocycles. The molecule has 1 N–H and O–H groups in total. The Bertz CT molecular complexity index is 1470. The number of methoxy groups -OCH3 is 2. The molecule has 5 rings (SSSR count). The zero-order valence-electron chi connectivity index (χ0n) is 22.5. The van der Waals surface area contributed by atoms with Crippen LogP contribution in [0.25, 0.3) is 17.1 Å². The van der Waals surface area contributed by atoms with E-state index in [1.807, 2.05) is 36.4 Å². The molecule has 0 amide bonds. The maximum absolute atomic E-state index is 13.5. The van der Waals surface area contributed by atoms with E-state index in [0.29, 0.717) is 37.4 Å². The monoisotopic (exact) mass is 515 g/mol. The van der Waals surface area contributed by atoms with Gasteiger partial charge in [0.05, 0.1) is 42.3 Å². The molecule has 0 unspecified atom stereocenters. The molecule has 3 aromatic rings. The number of carbonyl (C=O) groups excluding carboxylic acids is 1. The molecule has 1 aromatic heterocycles. The second-order valence-corrected chi connectivity index (χ2v) is 9.26. The predicted octanol–water partition coefficient (Wildman–Crippen LogP) is 4.21. The van der Waals surface area contributed by atoms with Gasteiger partial charge in [-0.2, -0.15) is 0 Å². The van der Waals surface area contributed by atoms with Crippen molar-refractivity contribution in [3.8, 4) is 0 Å². The lowest BCUT2D eigenvalue weighted by molar-refractivity contribution is -0.675. The summed E-state index contributed by atoms with van der Waals surface area (Å²) in [5.41, 5.74) is 4.92. The normalized spacial score (nSPS) is 17.3. The summed E-state index contributed by atoms with van der Waals surface area (Å²) in [5, 5.41) is 11.1. The third kappa shape index (κ3) is 4.19. The van der Waals surface area contributed by atoms with Crippen LogP contribution in [0.1, 0.15) is 19.7 Å². The average molecular weight is 516 g/mol. The van der Waals surface area contributed by atoms with Crippen LogP contribution in [0.3, 0.4) is 0 Å². The van der Waals surface area contributed by atoms with Crippen molar-refractivity contribution < 1.29 is 23.9 Å². The van der Waals surface area contributed by atoms with Crippen LogP contribution in [0.5, 0.6) is 0 Å². The van der Waals surface area contributed by atoms with E-state index in [-0.39, 0.29) is 11.5 Å². The number of aromatic nitrogens is 2. The molecule has 38 heavy (non-hydrogen) atoms. The van der Waals surface area contributed by atoms with E-state index in [4.69, 9.17) is 9.47 Å². The Kier molecular flexibility index (Phi) is 7.35. The number of fused-ring (bicyclic) bond motifs is 2. The average Bonchev–Trinajstić information content (AvgIpc) is 3.42. The fourth-order valence-electron chi connectivity index (χ4n) is 5.41. The maximum atomic E-state index is 13.5. The first-order valence-corrected chi connectivity index (χ1v) is 13.1. The van der Waals surface area contributed by atoms with E-state index in [1.54, 1.807) is 14.2 Å². The SMILES string of the molecule is CCN1C(=CC2=C(O)C(=Cc3n(CC)c4ccccc4[n+]3CCOC)C2=O)N(CCOC)c2ccccc21. The molecule has 1 aliphatic heterocycles. The number of imidazole rings is 1. The first kappa shape index (κ1) is 25.8. The van der Waals surface area contributed by atoms with Crippen LogP contribution in [0, 0.1) is 0 Å². The van der Waals surface area contributed by atoms with Crippen molar-refractivity contribution in [1.29, 1.82) is 0 Å². The quantitative estimate of drug-likeness (QED) is 0.322. The van der Waals surface area contributed by atoms with E-state index < -0.39 is 0 Å². The molecule has 198 valence electrons. The van der Waals surface area contributed by atoms with E-state index in [1.165, 1.54) is 0 Å². The standard InChI is InChI=1S/C30H34N4O4/c1-5-31-23-11-7-9-13-25(23)33(15-17-37-3)27(31)19-21-29(35)22(30(21)36)20-28-32(6-2)24-12-8-10-14-26(24)34(28)16-18-38-4/h7-14,19-20H,5-6,15-18H2,1-4H3/p+1. The van der Waals surface area contributed by atoms with Crippen LogP contribution in [0.2, 0.25) is 0 Å². The van der Waals surface area contributed by atoms with Crippen LogP contribution < -0.4 is 14.4 Å². The van der Waals surface area contributed by atoms with Crippen molar-refractivity contribution in [2.24, 2.45) is 0 Å². The molecule has 0 bridgehead atoms. The van der Waals surface area contributed by atoms with Crippen LogP contribution in [-0.4, -0.2) is 56.0 Å². The Hall–Kier alpha value is -3.88. The summed E-state index contributed by atoms with van der Waals surface area (Å²) in [6.07, 6.45) is 3.62. The second-order valence-electron chi connectivity index (χ2n) is 9.26. The van der Waals surface area contributed by atoms with Gasteiger partial charge in [-0.25, -0.2) is 9.13 Å². The van der Waals surface area contributed by atoms with Gasteiger partial charge in [0.1, 0.15) is 18.1 Å². The number of aliphatic hydroxyl groups excluding tert-OH is 1. The van der Waals surface area contributed by atoms with Gasteiger partial charge in [0.15, 0.2) is 11.0 Å². The third-order valence-corrected chi connectivity index (χ3v) is 7.25. The molecule has 2 aromatic carbocycles. The first-order valence-electron chi connectivity index (χ1n) is 13.1. The summed E-state index contributed by atoms with van der Waals surface area (Å²) in [4.78, 5) is 17.8. The minimum Gasteiger partial charge on any atom is -0.506 e. The maximum Gasteiger partial charge on any atom is 0.283 e. The summed E-state index contributed by atoms with van der Waals surface area (Å²) >= 11 is 0. The molecule has 1 aliphatic carbocycles. The number of ether oxygens (including phenoxy) is 2. The molecule has 0 fully saturated rings. The molecule has 0 saturated heterocycles. The number of para-hydroxylation sites is 4. The van der Waals surface area contributed by atoms with Gasteiger partial charge in [0.2, 0.25) is 5.78 Å². The van der Waals surface area contributed by atoms with E-state index in [2.05, 4.69) is 57.0 Å². The van der Waals surface area contributed by atoms with Crippen molar-refractivity contribution in [2.75, 3.05) is 50.3 Å². The second kappa shape index (κ2) is 10.8. The number of allylic oxidation sites excluding steroid dienone is 3. The highest BCUT2D eigenvalue weighted by atomic mass is 16.5. The highest BCUT2D eigenvalue weighted by molar-refractivity contribution is 6.23. The molecule has 8 nitrogen and oxygen atoms in total. The smallest absolute Gasteiger partial charge is 0.283 e. The summed E-state index contributed by atoms with van der Waals surface area (Å²) in [7, 11) is 3.36. The highest BCUT2D eigenvalue weighted by Gasteiger charge is 2.38. The third-order valence-electron chi connectivity index (χ3n) is 7.25. The van der Waals surface area contributed by atoms with Gasteiger partial charge in [-0.3, -0.25) is 4.79 Å². The summed E-state index contributed by atoms with van der Waals surface area (Å²) < 4.78 is 15.0. The Morgan fingerprint density at radius 1 is 0.895 bits per heavy atom. The number of rotatable bonds is 10. The largest absolute Gasteiger partial charge is 0.506 e. The van der Waals surface area contributed by atoms with Crippen LogP contribution in [-0.2, 0) is 27.4 Å². The van der Waals surface area contributed by atoms with Crippen LogP contribution >= 0.6 is 0 Å². The van der Waals surface area contributed by atoms with E-state index >= 15 is 0 Å². The number of hydrogen-bond acceptors (Lipinski definition) is 6. The molecular weight excluding hydrogens is 480 g/mol. The van der Waals surface area contributed by atoms with Crippen molar-refractivity contribution in [3.05, 3.63) is 83.2 Å². The molecule has 2 aliphatic rings. The van der Waals surface area contributed by atoms with Gasteiger partial charge in [-0.05, 0) is 44.2 Å². The van der Waals surface area contributed by atoms with Gasteiger partial charge >= 0.3 is 0 Å². The zero-order chi connectivity index (χ0) is 26.8. The van der Waals surface area contributed by atoms with Crippen molar-refractivity contribution in [1.82, 2.24) is 4.57 Å². The molecule has 8 heteroatoms. The fraction of sp³-hybridized carbons (Fsp3) is 0.333. The van der Waals surface area contributed by atoms with Crippen LogP contribution in [0.15, 0.2) is 77.3 Å². The van der Waals surface area contributed by atoms with Gasteiger partial charge < -0.3 is 24.4 Å². The Balaban J connectivity index is 1.58. The van der Waals surface area contributed by atoms with Gasteiger partial charge in [-0.15, -0.1) is 0 Å². The lowest BCUT2D eigenvalue weighted by Gasteiger charge is -2.26. The number of Topliss-reactive ketones (excluding diaryl/α,β-unsaturated/α-hetero) is 1. The number of carbonyl (C=O) groups is 1. The van der Waals surface area contributed by atoms with Crippen LogP contribution in [0.4, 0.5) is 11.4 Å². The minimum atomic E-state index is -0.167. The number of nitrogens with zero attached hydrogens (tertiary/aromatic N) is 4. The lowest BCUT2D eigenvalue weighted by Crippen LogP contribution is -2.39. The number of aliphatic hydroxyl groups is 1. The molecule has 0 radical (unpaired) electrons. The van der Waals surface area contributed by atoms with E-state index in [9.17, 15) is 9.90 Å². The van der Waals surface area contributed by atoms with Crippen molar-refractivity contribution in [3.63, 3.8) is 0 Å². The summed E-state index contributed by atoms with van der Waals surface area (Å²) in [6.45, 7) is 7.96. The zero-order valence-corrected chi connectivity index (χ0v) is 22.5. The van der Waals surface area contributed by atoms with E-state index in [0.717, 1.165) is 47.1 Å². The summed E-state index contributed by atoms with van der Waals surface area (Å²) in [5.74, 6) is 1.57. The lowest BCUT2D eigenvalue weighted by atomic mass is 9.87. The number of aryl methyl sites for hydroxylation is 1. The first-order chi connectivity index (χ1) is 18.5. The molecule has 0 atom stereocenters. The topological polar surface area (TPSA) is 71.1 Å². The number of ketones is 1. The molecular formula is C30H35N4O4+. The highest BCUT2D eigenvalue weighted by Crippen LogP contribution is 2.43. The summed E-state index contributed by atoms with van der Waals surface area (Å²) in [6, 6.07) is 16.3. The number of anilines is 2. The van der Waals surface area contributed by atoms with Gasteiger partial charge in [-0.1, -0.05) is 24.3 Å². The number of benzene rings is 2. The van der Waals surface area contributed by atoms with Crippen molar-refractivity contribution >= 4 is 34.3 Å². The van der Waals surface area contributed by atoms with Gasteiger partial charge in [0.25, 0.3) is 5.82 Å².